The summed E-state index contributed by atoms with van der Waals surface area (Å²) >= 11 is 0. The highest BCUT2D eigenvalue weighted by molar-refractivity contribution is 5.98. The lowest BCUT2D eigenvalue weighted by molar-refractivity contribution is 0.246. The summed E-state index contributed by atoms with van der Waals surface area (Å²) in [6.07, 6.45) is 11.0. The van der Waals surface area contributed by atoms with Crippen molar-refractivity contribution >= 4 is 11.9 Å². The molecule has 1 unspecified atom stereocenters. The molecule has 0 fully saturated rings. The molecule has 0 aliphatic carbocycles. The van der Waals surface area contributed by atoms with Crippen LogP contribution in [0.25, 0.3) is 0 Å². The van der Waals surface area contributed by atoms with E-state index < -0.39 is 0 Å². The van der Waals surface area contributed by atoms with E-state index in [0.29, 0.717) is 6.54 Å². The summed E-state index contributed by atoms with van der Waals surface area (Å²) in [4.78, 5) is 3.99. The van der Waals surface area contributed by atoms with Crippen molar-refractivity contribution in [3.63, 3.8) is 0 Å². The van der Waals surface area contributed by atoms with E-state index in [1.807, 2.05) is 42.4 Å². The van der Waals surface area contributed by atoms with Gasteiger partial charge in [0.05, 0.1) is 30.6 Å². The summed E-state index contributed by atoms with van der Waals surface area (Å²) in [5.41, 5.74) is 4.09. The van der Waals surface area contributed by atoms with Crippen LogP contribution >= 0.6 is 0 Å². The topological polar surface area (TPSA) is 60.2 Å². The smallest absolute Gasteiger partial charge is 0.0676 e. The maximum absolute atomic E-state index is 9.63. The number of hydrazone groups is 1. The Kier molecular flexibility index (Phi) is 8.85. The maximum Gasteiger partial charge on any atom is 0.0676 e. The van der Waals surface area contributed by atoms with Gasteiger partial charge in [-0.3, -0.25) is 5.01 Å². The molecule has 2 N–H and O–H groups in total. The predicted molar refractivity (Wildman–Crippen MR) is 119 cm³/mol. The number of benzene rings is 1. The third-order valence-electron chi connectivity index (χ3n) is 4.65. The molecule has 28 heavy (non-hydrogen) atoms. The largest absolute Gasteiger partial charge is 0.394 e. The van der Waals surface area contributed by atoms with E-state index in [4.69, 9.17) is 5.10 Å². The van der Waals surface area contributed by atoms with Gasteiger partial charge in [-0.25, -0.2) is 0 Å². The molecule has 150 valence electrons. The molecule has 2 rings (SSSR count). The standard InChI is InChI=1S/C23H32N4O/c1-5-25-23(17-28)21-11-8-10-20(15-21)16-27-19(3)12-13-22(26-27)18(2)9-6-7-14-24-4/h6,8-15,18,23,25,28H,3,5,7,16-17H2,1-2,4H3/b9-6-,24-14?/t18-,23?/m0/s1. The van der Waals surface area contributed by atoms with Crippen molar-refractivity contribution in [1.29, 1.82) is 0 Å². The van der Waals surface area contributed by atoms with Gasteiger partial charge in [-0.1, -0.05) is 56.8 Å². The van der Waals surface area contributed by atoms with Crippen molar-refractivity contribution in [2.24, 2.45) is 16.0 Å². The zero-order valence-electron chi connectivity index (χ0n) is 17.2. The van der Waals surface area contributed by atoms with Crippen LogP contribution in [0, 0.1) is 5.92 Å². The fraction of sp³-hybridized carbons (Fsp3) is 0.391. The molecule has 1 aromatic carbocycles. The van der Waals surface area contributed by atoms with Gasteiger partial charge in [-0.05, 0) is 29.8 Å². The molecular formula is C23H32N4O. The van der Waals surface area contributed by atoms with Crippen LogP contribution in [-0.2, 0) is 6.54 Å². The lowest BCUT2D eigenvalue weighted by atomic mass is 10.0. The van der Waals surface area contributed by atoms with Crippen LogP contribution in [-0.4, -0.2) is 42.2 Å². The van der Waals surface area contributed by atoms with E-state index in [-0.39, 0.29) is 18.6 Å². The van der Waals surface area contributed by atoms with Crippen LogP contribution in [0.2, 0.25) is 0 Å². The van der Waals surface area contributed by atoms with Crippen LogP contribution in [0.1, 0.15) is 37.4 Å². The normalized spacial score (nSPS) is 16.8. The van der Waals surface area contributed by atoms with Crippen molar-refractivity contribution in [3.8, 4) is 0 Å². The van der Waals surface area contributed by atoms with Crippen molar-refractivity contribution in [3.05, 3.63) is 72.0 Å². The first kappa shape index (κ1) is 21.8. The van der Waals surface area contributed by atoms with Crippen LogP contribution in [0.15, 0.2) is 70.9 Å². The molecule has 1 aliphatic rings. The van der Waals surface area contributed by atoms with E-state index in [1.54, 1.807) is 7.05 Å². The Balaban J connectivity index is 2.12. The molecule has 0 bridgehead atoms. The fourth-order valence-corrected chi connectivity index (χ4v) is 3.05. The molecule has 0 aromatic heterocycles. The molecule has 0 saturated carbocycles. The predicted octanol–water partition coefficient (Wildman–Crippen LogP) is 3.85. The molecule has 1 aromatic rings. The molecule has 0 amide bonds. The second-order valence-electron chi connectivity index (χ2n) is 6.84. The molecule has 2 atom stereocenters. The fourth-order valence-electron chi connectivity index (χ4n) is 3.05. The summed E-state index contributed by atoms with van der Waals surface area (Å²) in [5, 5.41) is 19.7. The van der Waals surface area contributed by atoms with Gasteiger partial charge in [0.1, 0.15) is 0 Å². The van der Waals surface area contributed by atoms with Crippen LogP contribution in [0.5, 0.6) is 0 Å². The van der Waals surface area contributed by atoms with E-state index in [0.717, 1.165) is 35.5 Å². The van der Waals surface area contributed by atoms with Crippen LogP contribution in [0.4, 0.5) is 0 Å². The molecule has 0 radical (unpaired) electrons. The summed E-state index contributed by atoms with van der Waals surface area (Å²) in [6.45, 7) is 9.82. The van der Waals surface area contributed by atoms with Gasteiger partial charge in [0.2, 0.25) is 0 Å². The first-order chi connectivity index (χ1) is 13.6. The van der Waals surface area contributed by atoms with E-state index >= 15 is 0 Å². The van der Waals surface area contributed by atoms with Crippen molar-refractivity contribution in [1.82, 2.24) is 10.3 Å². The quantitative estimate of drug-likeness (QED) is 0.479. The second-order valence-corrected chi connectivity index (χ2v) is 6.84. The molecular weight excluding hydrogens is 348 g/mol. The molecule has 0 spiro atoms. The summed E-state index contributed by atoms with van der Waals surface area (Å²) < 4.78 is 0. The third kappa shape index (κ3) is 6.29. The van der Waals surface area contributed by atoms with Crippen molar-refractivity contribution < 1.29 is 5.11 Å². The van der Waals surface area contributed by atoms with Gasteiger partial charge < -0.3 is 15.4 Å². The average Bonchev–Trinajstić information content (AvgIpc) is 2.71. The number of likely N-dealkylation sites (N-methyl/N-ethyl adjacent to an activating group) is 1. The lowest BCUT2D eigenvalue weighted by Gasteiger charge is -2.25. The minimum atomic E-state index is -0.0507. The highest BCUT2D eigenvalue weighted by Crippen LogP contribution is 2.21. The van der Waals surface area contributed by atoms with Gasteiger partial charge in [-0.15, -0.1) is 0 Å². The number of allylic oxidation sites excluding steroid dienone is 4. The number of nitrogens with zero attached hydrogens (tertiary/aromatic N) is 3. The Bertz CT molecular complexity index is 764. The Morgan fingerprint density at radius 2 is 2.18 bits per heavy atom. The average molecular weight is 381 g/mol. The Morgan fingerprint density at radius 1 is 1.36 bits per heavy atom. The monoisotopic (exact) mass is 380 g/mol. The summed E-state index contributed by atoms with van der Waals surface area (Å²) in [6, 6.07) is 8.22. The SMILES string of the molecule is C=C1C=CC([C@@H](C)/C=C\CC=NC)=NN1Cc1cccc(C(CO)NCC)c1. The Labute approximate surface area is 168 Å². The van der Waals surface area contributed by atoms with Crippen molar-refractivity contribution in [2.75, 3.05) is 20.2 Å². The van der Waals surface area contributed by atoms with Crippen LogP contribution < -0.4 is 5.32 Å². The van der Waals surface area contributed by atoms with E-state index in [9.17, 15) is 5.11 Å². The number of aliphatic hydroxyl groups excluding tert-OH is 1. The van der Waals surface area contributed by atoms with Gasteiger partial charge in [0.15, 0.2) is 0 Å². The van der Waals surface area contributed by atoms with Gasteiger partial charge in [0, 0.05) is 25.6 Å². The molecule has 0 saturated heterocycles. The Hall–Kier alpha value is -2.50. The second kappa shape index (κ2) is 11.4. The lowest BCUT2D eigenvalue weighted by Crippen LogP contribution is -2.25. The summed E-state index contributed by atoms with van der Waals surface area (Å²) in [7, 11) is 1.78. The van der Waals surface area contributed by atoms with Crippen LogP contribution in [0.3, 0.4) is 0 Å². The number of hydrogen-bond donors (Lipinski definition) is 2. The third-order valence-corrected chi connectivity index (χ3v) is 4.65. The highest BCUT2D eigenvalue weighted by atomic mass is 16.3. The zero-order valence-corrected chi connectivity index (χ0v) is 17.2. The van der Waals surface area contributed by atoms with Gasteiger partial charge >= 0.3 is 0 Å². The highest BCUT2D eigenvalue weighted by Gasteiger charge is 2.15. The first-order valence-electron chi connectivity index (χ1n) is 9.82. The summed E-state index contributed by atoms with van der Waals surface area (Å²) in [5.74, 6) is 0.218. The minimum Gasteiger partial charge on any atom is -0.394 e. The number of aliphatic hydroxyl groups is 1. The number of aliphatic imine (C=N–C) groups is 1. The first-order valence-corrected chi connectivity index (χ1v) is 9.82. The maximum atomic E-state index is 9.63. The van der Waals surface area contributed by atoms with E-state index in [2.05, 4.69) is 48.1 Å². The molecule has 1 aliphatic heterocycles. The van der Waals surface area contributed by atoms with Gasteiger partial charge in [-0.2, -0.15) is 5.10 Å². The van der Waals surface area contributed by atoms with Crippen molar-refractivity contribution in [2.45, 2.75) is 32.9 Å². The zero-order chi connectivity index (χ0) is 20.4. The number of hydrogen-bond acceptors (Lipinski definition) is 5. The van der Waals surface area contributed by atoms with Gasteiger partial charge in [0.25, 0.3) is 0 Å². The number of nitrogens with one attached hydrogen (secondary N) is 1. The molecule has 5 heteroatoms. The minimum absolute atomic E-state index is 0.0507. The van der Waals surface area contributed by atoms with E-state index in [1.165, 1.54) is 0 Å². The molecule has 5 nitrogen and oxygen atoms in total. The Morgan fingerprint density at radius 3 is 2.89 bits per heavy atom. The number of rotatable bonds is 10. The molecule has 1 heterocycles.